The predicted molar refractivity (Wildman–Crippen MR) is 64.2 cm³/mol. The van der Waals surface area contributed by atoms with Crippen LogP contribution in [0.2, 0.25) is 0 Å². The number of halogens is 3. The zero-order valence-corrected chi connectivity index (χ0v) is 9.82. The molecule has 6 heteroatoms. The molecule has 2 N–H and O–H groups in total. The van der Waals surface area contributed by atoms with Gasteiger partial charge in [0, 0.05) is 18.3 Å². The minimum Gasteiger partial charge on any atom is -0.406 e. The summed E-state index contributed by atoms with van der Waals surface area (Å²) in [5.41, 5.74) is 7.36. The molecule has 2 rings (SSSR count). The second-order valence-electron chi connectivity index (χ2n) is 3.79. The van der Waals surface area contributed by atoms with Gasteiger partial charge in [-0.3, -0.25) is 4.98 Å². The Balaban J connectivity index is 2.43. The van der Waals surface area contributed by atoms with Crippen LogP contribution in [0, 0.1) is 0 Å². The number of nitrogens with zero attached hydrogens (tertiary/aromatic N) is 1. The normalized spacial score (nSPS) is 11.4. The lowest BCUT2D eigenvalue weighted by Crippen LogP contribution is -2.17. The summed E-state index contributed by atoms with van der Waals surface area (Å²) in [5.74, 6) is -0.287. The van der Waals surface area contributed by atoms with Crippen LogP contribution in [-0.4, -0.2) is 11.3 Å². The Morgan fingerprint density at radius 2 is 1.95 bits per heavy atom. The van der Waals surface area contributed by atoms with Gasteiger partial charge < -0.3 is 10.5 Å². The zero-order chi connectivity index (χ0) is 13.9. The van der Waals surface area contributed by atoms with Crippen LogP contribution in [0.25, 0.3) is 11.3 Å². The molecule has 0 fully saturated rings. The fourth-order valence-corrected chi connectivity index (χ4v) is 1.69. The van der Waals surface area contributed by atoms with Crippen molar-refractivity contribution < 1.29 is 17.9 Å². The van der Waals surface area contributed by atoms with Gasteiger partial charge in [0.1, 0.15) is 5.75 Å². The van der Waals surface area contributed by atoms with E-state index in [0.717, 1.165) is 0 Å². The van der Waals surface area contributed by atoms with Gasteiger partial charge in [0.05, 0.1) is 5.69 Å². The molecule has 1 aromatic heterocycles. The van der Waals surface area contributed by atoms with Gasteiger partial charge in [0.2, 0.25) is 0 Å². The van der Waals surface area contributed by atoms with Crippen molar-refractivity contribution in [1.29, 1.82) is 0 Å². The largest absolute Gasteiger partial charge is 0.573 e. The van der Waals surface area contributed by atoms with Gasteiger partial charge in [-0.15, -0.1) is 13.2 Å². The van der Waals surface area contributed by atoms with Crippen LogP contribution in [0.1, 0.15) is 5.56 Å². The van der Waals surface area contributed by atoms with E-state index in [1.165, 1.54) is 18.2 Å². The number of hydrogen-bond donors (Lipinski definition) is 1. The second-order valence-corrected chi connectivity index (χ2v) is 3.79. The molecule has 3 nitrogen and oxygen atoms in total. The number of alkyl halides is 3. The molecular formula is C13H11F3N2O. The number of ether oxygens (including phenoxy) is 1. The summed E-state index contributed by atoms with van der Waals surface area (Å²) in [7, 11) is 0. The van der Waals surface area contributed by atoms with Gasteiger partial charge in [-0.05, 0) is 29.8 Å². The molecule has 100 valence electrons. The van der Waals surface area contributed by atoms with Gasteiger partial charge in [-0.1, -0.05) is 12.1 Å². The highest BCUT2D eigenvalue weighted by molar-refractivity contribution is 5.65. The van der Waals surface area contributed by atoms with Crippen LogP contribution in [0.15, 0.2) is 42.6 Å². The number of aromatic nitrogens is 1. The minimum atomic E-state index is -4.72. The maximum atomic E-state index is 12.2. The summed E-state index contributed by atoms with van der Waals surface area (Å²) in [4.78, 5) is 4.10. The summed E-state index contributed by atoms with van der Waals surface area (Å²) in [6.45, 7) is 0.207. The maximum absolute atomic E-state index is 12.2. The summed E-state index contributed by atoms with van der Waals surface area (Å²) >= 11 is 0. The van der Waals surface area contributed by atoms with Gasteiger partial charge in [-0.25, -0.2) is 0 Å². The van der Waals surface area contributed by atoms with Crippen molar-refractivity contribution in [2.45, 2.75) is 12.9 Å². The first-order chi connectivity index (χ1) is 8.99. The molecule has 0 bridgehead atoms. The van der Waals surface area contributed by atoms with Crippen molar-refractivity contribution in [1.82, 2.24) is 4.98 Å². The lowest BCUT2D eigenvalue weighted by atomic mass is 10.0. The first-order valence-corrected chi connectivity index (χ1v) is 5.50. The molecule has 2 aromatic rings. The lowest BCUT2D eigenvalue weighted by Gasteiger charge is -2.12. The molecule has 0 saturated heterocycles. The average molecular weight is 268 g/mol. The zero-order valence-electron chi connectivity index (χ0n) is 9.82. The molecule has 0 spiro atoms. The van der Waals surface area contributed by atoms with E-state index < -0.39 is 6.36 Å². The Labute approximate surface area is 107 Å². The molecule has 0 atom stereocenters. The first kappa shape index (κ1) is 13.4. The van der Waals surface area contributed by atoms with Crippen molar-refractivity contribution in [2.75, 3.05) is 0 Å². The van der Waals surface area contributed by atoms with Gasteiger partial charge in [0.25, 0.3) is 0 Å². The third-order valence-corrected chi connectivity index (χ3v) is 2.48. The Hall–Kier alpha value is -2.08. The molecule has 0 amide bonds. The highest BCUT2D eigenvalue weighted by atomic mass is 19.4. The van der Waals surface area contributed by atoms with Crippen molar-refractivity contribution >= 4 is 0 Å². The average Bonchev–Trinajstić information content (AvgIpc) is 2.38. The lowest BCUT2D eigenvalue weighted by molar-refractivity contribution is -0.274. The van der Waals surface area contributed by atoms with Crippen LogP contribution < -0.4 is 10.5 Å². The molecule has 0 saturated carbocycles. The molecule has 0 aliphatic carbocycles. The molecule has 0 unspecified atom stereocenters. The van der Waals surface area contributed by atoms with Crippen molar-refractivity contribution in [3.63, 3.8) is 0 Å². The quantitative estimate of drug-likeness (QED) is 0.930. The standard InChI is InChI=1S/C13H11F3N2O/c14-13(15,16)19-10-5-4-9(8-17)11(7-10)12-3-1-2-6-18-12/h1-7H,8,17H2. The molecular weight excluding hydrogens is 257 g/mol. The van der Waals surface area contributed by atoms with Crippen molar-refractivity contribution in [3.8, 4) is 17.0 Å². The van der Waals surface area contributed by atoms with E-state index in [1.54, 1.807) is 24.4 Å². The number of rotatable bonds is 3. The fraction of sp³-hybridized carbons (Fsp3) is 0.154. The van der Waals surface area contributed by atoms with Gasteiger partial charge in [-0.2, -0.15) is 0 Å². The summed E-state index contributed by atoms with van der Waals surface area (Å²) in [6, 6.07) is 9.21. The second kappa shape index (κ2) is 5.27. The van der Waals surface area contributed by atoms with E-state index in [2.05, 4.69) is 9.72 Å². The highest BCUT2D eigenvalue weighted by Gasteiger charge is 2.31. The van der Waals surface area contributed by atoms with Crippen LogP contribution in [0.3, 0.4) is 0 Å². The highest BCUT2D eigenvalue weighted by Crippen LogP contribution is 2.29. The Morgan fingerprint density at radius 1 is 1.16 bits per heavy atom. The van der Waals surface area contributed by atoms with E-state index in [1.807, 2.05) is 0 Å². The monoisotopic (exact) mass is 268 g/mol. The number of hydrogen-bond acceptors (Lipinski definition) is 3. The van der Waals surface area contributed by atoms with Crippen LogP contribution in [0.5, 0.6) is 5.75 Å². The first-order valence-electron chi connectivity index (χ1n) is 5.50. The predicted octanol–water partition coefficient (Wildman–Crippen LogP) is 3.11. The molecule has 0 radical (unpaired) electrons. The van der Waals surface area contributed by atoms with Crippen molar-refractivity contribution in [3.05, 3.63) is 48.2 Å². The van der Waals surface area contributed by atoms with Crippen molar-refractivity contribution in [2.24, 2.45) is 5.73 Å². The maximum Gasteiger partial charge on any atom is 0.573 e. The van der Waals surface area contributed by atoms with E-state index in [9.17, 15) is 13.2 Å². The Morgan fingerprint density at radius 3 is 2.53 bits per heavy atom. The topological polar surface area (TPSA) is 48.1 Å². The van der Waals surface area contributed by atoms with E-state index in [0.29, 0.717) is 16.8 Å². The Kier molecular flexibility index (Phi) is 3.71. The number of pyridine rings is 1. The summed E-state index contributed by atoms with van der Waals surface area (Å²) in [5, 5.41) is 0. The smallest absolute Gasteiger partial charge is 0.406 e. The SMILES string of the molecule is NCc1ccc(OC(F)(F)F)cc1-c1ccccn1. The summed E-state index contributed by atoms with van der Waals surface area (Å²) < 4.78 is 40.5. The molecule has 1 heterocycles. The van der Waals surface area contributed by atoms with Crippen LogP contribution in [-0.2, 0) is 6.54 Å². The van der Waals surface area contributed by atoms with Gasteiger partial charge in [0.15, 0.2) is 0 Å². The molecule has 0 aliphatic heterocycles. The van der Waals surface area contributed by atoms with Gasteiger partial charge >= 0.3 is 6.36 Å². The number of benzene rings is 1. The third-order valence-electron chi connectivity index (χ3n) is 2.48. The molecule has 1 aromatic carbocycles. The third kappa shape index (κ3) is 3.45. The van der Waals surface area contributed by atoms with E-state index in [-0.39, 0.29) is 12.3 Å². The molecule has 0 aliphatic rings. The van der Waals surface area contributed by atoms with E-state index >= 15 is 0 Å². The summed E-state index contributed by atoms with van der Waals surface area (Å²) in [6.07, 6.45) is -3.15. The number of nitrogens with two attached hydrogens (primary N) is 1. The van der Waals surface area contributed by atoms with Crippen LogP contribution in [0.4, 0.5) is 13.2 Å². The Bertz CT molecular complexity index is 556. The van der Waals surface area contributed by atoms with E-state index in [4.69, 9.17) is 5.73 Å². The molecule has 19 heavy (non-hydrogen) atoms. The van der Waals surface area contributed by atoms with Crippen LogP contribution >= 0.6 is 0 Å². The fourth-order valence-electron chi connectivity index (χ4n) is 1.69. The minimum absolute atomic E-state index is 0.207.